The number of nitrogens with zero attached hydrogens (tertiary/aromatic N) is 2. The Morgan fingerprint density at radius 3 is 2.48 bits per heavy atom. The van der Waals surface area contributed by atoms with E-state index in [1.807, 2.05) is 0 Å². The van der Waals surface area contributed by atoms with Crippen molar-refractivity contribution in [3.8, 4) is 0 Å². The van der Waals surface area contributed by atoms with Crippen LogP contribution in [0.5, 0.6) is 0 Å². The van der Waals surface area contributed by atoms with Crippen molar-refractivity contribution in [3.05, 3.63) is 42.2 Å². The zero-order valence-corrected chi connectivity index (χ0v) is 18.2. The lowest BCUT2D eigenvalue weighted by molar-refractivity contribution is -0.138. The maximum atomic E-state index is 12.4. The number of benzene rings is 1. The summed E-state index contributed by atoms with van der Waals surface area (Å²) >= 11 is 0. The van der Waals surface area contributed by atoms with Crippen LogP contribution in [-0.2, 0) is 19.5 Å². The molecule has 2 aromatic rings. The minimum atomic E-state index is -4.39. The second-order valence-electron chi connectivity index (χ2n) is 7.48. The first-order valence-electron chi connectivity index (χ1n) is 9.76. The molecule has 14 heteroatoms. The van der Waals surface area contributed by atoms with Crippen LogP contribution in [0.4, 0.5) is 29.6 Å². The minimum absolute atomic E-state index is 0.0250. The van der Waals surface area contributed by atoms with E-state index in [4.69, 9.17) is 14.6 Å². The monoisotopic (exact) mass is 489 g/mol. The predicted octanol–water partition coefficient (Wildman–Crippen LogP) is 2.76. The Bertz CT molecular complexity index is 1060. The van der Waals surface area contributed by atoms with Crippen LogP contribution in [0.3, 0.4) is 0 Å². The first-order chi connectivity index (χ1) is 15.4. The normalized spacial score (nSPS) is 19.7. The molecule has 0 spiro atoms. The molecule has 0 aliphatic carbocycles. The number of nitrogens with one attached hydrogen (secondary N) is 2. The number of nitrogens with two attached hydrogens (primary N) is 1. The zero-order valence-electron chi connectivity index (χ0n) is 17.4. The summed E-state index contributed by atoms with van der Waals surface area (Å²) in [6.45, 7) is 1.33. The first-order valence-corrected chi connectivity index (χ1v) is 11.3. The highest BCUT2D eigenvalue weighted by molar-refractivity contribution is 7.89. The highest BCUT2D eigenvalue weighted by Gasteiger charge is 2.33. The SMILES string of the molecule is CC(CC(F)(F)F)NC(=O)OC1COC(c2cnc(Nc3ccc(S(N)(=O)=O)cc3)nc2)C1. The van der Waals surface area contributed by atoms with Gasteiger partial charge in [0, 0.05) is 36.1 Å². The lowest BCUT2D eigenvalue weighted by Gasteiger charge is -2.17. The molecule has 3 unspecified atom stereocenters. The number of alkyl halides is 3. The summed E-state index contributed by atoms with van der Waals surface area (Å²) in [5, 5.41) is 10.1. The van der Waals surface area contributed by atoms with Crippen molar-refractivity contribution in [1.29, 1.82) is 0 Å². The summed E-state index contributed by atoms with van der Waals surface area (Å²) in [6, 6.07) is 4.61. The van der Waals surface area contributed by atoms with E-state index in [9.17, 15) is 26.4 Å². The topological polar surface area (TPSA) is 146 Å². The van der Waals surface area contributed by atoms with Crippen molar-refractivity contribution < 1.29 is 35.9 Å². The van der Waals surface area contributed by atoms with E-state index in [0.29, 0.717) is 17.7 Å². The largest absolute Gasteiger partial charge is 0.444 e. The Balaban J connectivity index is 1.50. The molecule has 180 valence electrons. The van der Waals surface area contributed by atoms with Crippen LogP contribution in [0.15, 0.2) is 41.6 Å². The Labute approximate surface area is 187 Å². The molecule has 4 N–H and O–H groups in total. The summed E-state index contributed by atoms with van der Waals surface area (Å²) in [6.07, 6.45) is -4.21. The molecule has 1 aromatic heterocycles. The van der Waals surface area contributed by atoms with Crippen LogP contribution in [0.1, 0.15) is 31.4 Å². The lowest BCUT2D eigenvalue weighted by Crippen LogP contribution is -2.38. The van der Waals surface area contributed by atoms with Crippen LogP contribution in [-0.4, -0.2) is 49.4 Å². The molecular formula is C19H22F3N5O5S. The molecule has 1 amide bonds. The smallest absolute Gasteiger partial charge is 0.407 e. The number of carbonyl (C=O) groups excluding carboxylic acids is 1. The van der Waals surface area contributed by atoms with Crippen molar-refractivity contribution in [2.24, 2.45) is 5.14 Å². The Morgan fingerprint density at radius 1 is 1.27 bits per heavy atom. The fourth-order valence-electron chi connectivity index (χ4n) is 3.12. The van der Waals surface area contributed by atoms with Gasteiger partial charge in [-0.05, 0) is 31.2 Å². The molecule has 1 aromatic carbocycles. The van der Waals surface area contributed by atoms with Crippen LogP contribution >= 0.6 is 0 Å². The van der Waals surface area contributed by atoms with Crippen molar-refractivity contribution in [3.63, 3.8) is 0 Å². The van der Waals surface area contributed by atoms with Crippen molar-refractivity contribution in [1.82, 2.24) is 15.3 Å². The number of aromatic nitrogens is 2. The quantitative estimate of drug-likeness (QED) is 0.538. The number of ether oxygens (including phenoxy) is 2. The number of hydrogen-bond acceptors (Lipinski definition) is 8. The van der Waals surface area contributed by atoms with Crippen LogP contribution in [0.25, 0.3) is 0 Å². The van der Waals surface area contributed by atoms with Crippen molar-refractivity contribution >= 4 is 27.8 Å². The van der Waals surface area contributed by atoms with E-state index < -0.39 is 47.0 Å². The number of alkyl carbamates (subject to hydrolysis) is 1. The summed E-state index contributed by atoms with van der Waals surface area (Å²) in [4.78, 5) is 20.1. The molecule has 1 fully saturated rings. The second-order valence-corrected chi connectivity index (χ2v) is 9.05. The van der Waals surface area contributed by atoms with Gasteiger partial charge in [-0.15, -0.1) is 0 Å². The molecule has 0 bridgehead atoms. The summed E-state index contributed by atoms with van der Waals surface area (Å²) < 4.78 is 70.4. The van der Waals surface area contributed by atoms with Gasteiger partial charge in [-0.2, -0.15) is 13.2 Å². The van der Waals surface area contributed by atoms with Gasteiger partial charge in [0.25, 0.3) is 0 Å². The van der Waals surface area contributed by atoms with Crippen LogP contribution in [0, 0.1) is 0 Å². The number of hydrogen-bond donors (Lipinski definition) is 3. The molecule has 1 aliphatic heterocycles. The molecule has 2 heterocycles. The first kappa shape index (κ1) is 24.7. The van der Waals surface area contributed by atoms with E-state index >= 15 is 0 Å². The Morgan fingerprint density at radius 2 is 1.91 bits per heavy atom. The molecule has 10 nitrogen and oxygen atoms in total. The molecule has 33 heavy (non-hydrogen) atoms. The molecule has 1 saturated heterocycles. The number of amides is 1. The average molecular weight is 489 g/mol. The van der Waals surface area contributed by atoms with E-state index in [0.717, 1.165) is 0 Å². The van der Waals surface area contributed by atoms with Gasteiger partial charge in [0.15, 0.2) is 0 Å². The average Bonchev–Trinajstić information content (AvgIpc) is 3.15. The maximum Gasteiger partial charge on any atom is 0.407 e. The van der Waals surface area contributed by atoms with Crippen molar-refractivity contribution in [2.75, 3.05) is 11.9 Å². The van der Waals surface area contributed by atoms with E-state index in [2.05, 4.69) is 20.6 Å². The fraction of sp³-hybridized carbons (Fsp3) is 0.421. The van der Waals surface area contributed by atoms with Gasteiger partial charge in [-0.25, -0.2) is 28.3 Å². The summed E-state index contributed by atoms with van der Waals surface area (Å²) in [5.41, 5.74) is 1.17. The van der Waals surface area contributed by atoms with Gasteiger partial charge < -0.3 is 20.1 Å². The van der Waals surface area contributed by atoms with E-state index in [1.54, 1.807) is 0 Å². The van der Waals surface area contributed by atoms with E-state index in [-0.39, 0.29) is 17.5 Å². The fourth-order valence-corrected chi connectivity index (χ4v) is 3.64. The van der Waals surface area contributed by atoms with E-state index in [1.165, 1.54) is 43.6 Å². The molecule has 3 rings (SSSR count). The second kappa shape index (κ2) is 9.89. The molecule has 0 radical (unpaired) electrons. The number of primary sulfonamides is 1. The van der Waals surface area contributed by atoms with Gasteiger partial charge in [0.2, 0.25) is 16.0 Å². The predicted molar refractivity (Wildman–Crippen MR) is 110 cm³/mol. The molecular weight excluding hydrogens is 467 g/mol. The van der Waals surface area contributed by atoms with Crippen molar-refractivity contribution in [2.45, 2.75) is 49.1 Å². The lowest BCUT2D eigenvalue weighted by atomic mass is 10.1. The third-order valence-corrected chi connectivity index (χ3v) is 5.55. The minimum Gasteiger partial charge on any atom is -0.444 e. The van der Waals surface area contributed by atoms with Gasteiger partial charge in [0.05, 0.1) is 24.0 Å². The number of sulfonamides is 1. The number of rotatable bonds is 7. The third-order valence-electron chi connectivity index (χ3n) is 4.62. The highest BCUT2D eigenvalue weighted by atomic mass is 32.2. The number of halogens is 3. The summed E-state index contributed by atoms with van der Waals surface area (Å²) in [5.74, 6) is 0.255. The Kier molecular flexibility index (Phi) is 7.39. The maximum absolute atomic E-state index is 12.4. The molecule has 3 atom stereocenters. The Hall–Kier alpha value is -2.97. The van der Waals surface area contributed by atoms with Gasteiger partial charge in [-0.1, -0.05) is 0 Å². The zero-order chi connectivity index (χ0) is 24.2. The summed E-state index contributed by atoms with van der Waals surface area (Å²) in [7, 11) is -3.79. The van der Waals surface area contributed by atoms with Gasteiger partial charge >= 0.3 is 12.3 Å². The molecule has 1 aliphatic rings. The standard InChI is InChI=1S/C19H22F3N5O5S/c1-11(7-19(20,21)22)26-18(28)32-14-6-16(31-10-14)12-8-24-17(25-9-12)27-13-2-4-15(5-3-13)33(23,29)30/h2-5,8-9,11,14,16H,6-7,10H2,1H3,(H,26,28)(H2,23,29,30)(H,24,25,27). The van der Waals surface area contributed by atoms with Crippen LogP contribution in [0.2, 0.25) is 0 Å². The van der Waals surface area contributed by atoms with Gasteiger partial charge in [-0.3, -0.25) is 0 Å². The number of carbonyl (C=O) groups is 1. The van der Waals surface area contributed by atoms with Crippen LogP contribution < -0.4 is 15.8 Å². The van der Waals surface area contributed by atoms with Gasteiger partial charge in [0.1, 0.15) is 6.10 Å². The third kappa shape index (κ3) is 7.54. The molecule has 0 saturated carbocycles. The highest BCUT2D eigenvalue weighted by Crippen LogP contribution is 2.30. The number of anilines is 2.